The molecule has 0 amide bonds. The van der Waals surface area contributed by atoms with E-state index in [9.17, 15) is 0 Å². The number of ether oxygens (including phenoxy) is 1. The highest BCUT2D eigenvalue weighted by molar-refractivity contribution is 7.98. The largest absolute Gasteiger partial charge is 0.496 e. The third kappa shape index (κ3) is 3.84. The summed E-state index contributed by atoms with van der Waals surface area (Å²) in [6, 6.07) is 20.6. The molecule has 0 aliphatic carbocycles. The predicted molar refractivity (Wildman–Crippen MR) is 117 cm³/mol. The lowest BCUT2D eigenvalue weighted by atomic mass is 10.0. The van der Waals surface area contributed by atoms with Crippen LogP contribution in [0.3, 0.4) is 0 Å². The minimum absolute atomic E-state index is 0.679. The van der Waals surface area contributed by atoms with Crippen LogP contribution in [-0.2, 0) is 5.75 Å². The maximum atomic E-state index is 6.26. The molecule has 0 unspecified atom stereocenters. The molecule has 4 aromatic rings. The van der Waals surface area contributed by atoms with Gasteiger partial charge in [-0.05, 0) is 48.4 Å². The first-order valence-corrected chi connectivity index (χ1v) is 10.3. The maximum absolute atomic E-state index is 6.26. The number of nitrogens with zero attached hydrogens (tertiary/aromatic N) is 2. The van der Waals surface area contributed by atoms with E-state index in [1.165, 1.54) is 10.5 Å². The summed E-state index contributed by atoms with van der Waals surface area (Å²) in [4.78, 5) is 10.2. The average molecular weight is 407 g/mol. The Labute approximate surface area is 173 Å². The molecular formula is C23H19ClN2OS. The number of hydrogen-bond acceptors (Lipinski definition) is 4. The predicted octanol–water partition coefficient (Wildman–Crippen LogP) is 6.56. The Kier molecular flexibility index (Phi) is 5.51. The Morgan fingerprint density at radius 2 is 1.82 bits per heavy atom. The molecule has 0 spiro atoms. The second kappa shape index (κ2) is 8.21. The van der Waals surface area contributed by atoms with Gasteiger partial charge < -0.3 is 4.74 Å². The summed E-state index contributed by atoms with van der Waals surface area (Å²) in [7, 11) is 1.65. The van der Waals surface area contributed by atoms with E-state index in [-0.39, 0.29) is 0 Å². The zero-order chi connectivity index (χ0) is 19.5. The Balaban J connectivity index is 1.71. The van der Waals surface area contributed by atoms with Crippen molar-refractivity contribution >= 4 is 34.3 Å². The fraction of sp³-hybridized carbons (Fsp3) is 0.130. The molecule has 1 heterocycles. The summed E-state index contributed by atoms with van der Waals surface area (Å²) in [6.07, 6.45) is 1.60. The zero-order valence-corrected chi connectivity index (χ0v) is 17.2. The van der Waals surface area contributed by atoms with Gasteiger partial charge in [-0.3, -0.25) is 0 Å². The van der Waals surface area contributed by atoms with Crippen molar-refractivity contribution in [2.75, 3.05) is 7.11 Å². The van der Waals surface area contributed by atoms with Crippen LogP contribution in [0.15, 0.2) is 71.9 Å². The van der Waals surface area contributed by atoms with Gasteiger partial charge in [0, 0.05) is 26.6 Å². The van der Waals surface area contributed by atoms with Gasteiger partial charge in [0.1, 0.15) is 12.1 Å². The number of halogens is 1. The van der Waals surface area contributed by atoms with E-state index in [0.717, 1.165) is 33.5 Å². The molecule has 4 rings (SSSR count). The molecule has 5 heteroatoms. The van der Waals surface area contributed by atoms with Crippen LogP contribution in [0.4, 0.5) is 0 Å². The topological polar surface area (TPSA) is 35.0 Å². The zero-order valence-electron chi connectivity index (χ0n) is 15.6. The van der Waals surface area contributed by atoms with Crippen molar-refractivity contribution in [1.29, 1.82) is 0 Å². The first-order chi connectivity index (χ1) is 13.7. The summed E-state index contributed by atoms with van der Waals surface area (Å²) in [5.41, 5.74) is 4.97. The van der Waals surface area contributed by atoms with Crippen LogP contribution >= 0.6 is 23.4 Å². The second-order valence-electron chi connectivity index (χ2n) is 6.48. The van der Waals surface area contributed by atoms with E-state index in [0.29, 0.717) is 10.8 Å². The number of rotatable bonds is 5. The van der Waals surface area contributed by atoms with Crippen LogP contribution in [0.5, 0.6) is 5.75 Å². The third-order valence-electron chi connectivity index (χ3n) is 4.59. The average Bonchev–Trinajstić information content (AvgIpc) is 2.74. The van der Waals surface area contributed by atoms with Crippen molar-refractivity contribution < 1.29 is 4.74 Å². The molecule has 0 fully saturated rings. The van der Waals surface area contributed by atoms with Crippen molar-refractivity contribution in [1.82, 2.24) is 9.97 Å². The number of benzene rings is 3. The van der Waals surface area contributed by atoms with Gasteiger partial charge in [-0.2, -0.15) is 0 Å². The van der Waals surface area contributed by atoms with E-state index in [1.54, 1.807) is 25.2 Å². The first kappa shape index (κ1) is 18.8. The van der Waals surface area contributed by atoms with Crippen LogP contribution in [-0.4, -0.2) is 17.1 Å². The molecular weight excluding hydrogens is 388 g/mol. The molecule has 0 atom stereocenters. The standard InChI is InChI=1S/C23H19ClN2OS/c1-15-10-19(22(27-2)12-20(15)24)23-18-9-8-17(11-21(18)25-14-26-23)28-13-16-6-4-3-5-7-16/h3-12,14H,13H2,1-2H3. The summed E-state index contributed by atoms with van der Waals surface area (Å²) in [5, 5.41) is 1.67. The highest BCUT2D eigenvalue weighted by Crippen LogP contribution is 2.37. The SMILES string of the molecule is COc1cc(Cl)c(C)cc1-c1ncnc2cc(SCc3ccccc3)ccc12. The van der Waals surface area contributed by atoms with Gasteiger partial charge in [-0.25, -0.2) is 9.97 Å². The van der Waals surface area contributed by atoms with Crippen LogP contribution in [0.2, 0.25) is 5.02 Å². The van der Waals surface area contributed by atoms with Gasteiger partial charge in [-0.1, -0.05) is 41.9 Å². The molecule has 0 N–H and O–H groups in total. The molecule has 0 aliphatic heterocycles. The van der Waals surface area contributed by atoms with Crippen LogP contribution in [0.25, 0.3) is 22.2 Å². The monoisotopic (exact) mass is 406 g/mol. The van der Waals surface area contributed by atoms with E-state index in [1.807, 2.05) is 25.1 Å². The summed E-state index contributed by atoms with van der Waals surface area (Å²) in [6.45, 7) is 1.98. The molecule has 0 saturated heterocycles. The van der Waals surface area contributed by atoms with Crippen molar-refractivity contribution in [2.24, 2.45) is 0 Å². The number of methoxy groups -OCH3 is 1. The number of hydrogen-bond donors (Lipinski definition) is 0. The van der Waals surface area contributed by atoms with Gasteiger partial charge in [0.05, 0.1) is 18.3 Å². The number of fused-ring (bicyclic) bond motifs is 1. The van der Waals surface area contributed by atoms with Gasteiger partial charge in [0.25, 0.3) is 0 Å². The Bertz CT molecular complexity index is 1130. The van der Waals surface area contributed by atoms with Crippen molar-refractivity contribution in [2.45, 2.75) is 17.6 Å². The molecule has 1 aromatic heterocycles. The van der Waals surface area contributed by atoms with E-state index in [2.05, 4.69) is 52.4 Å². The van der Waals surface area contributed by atoms with E-state index < -0.39 is 0 Å². The molecule has 0 saturated carbocycles. The van der Waals surface area contributed by atoms with Gasteiger partial charge in [-0.15, -0.1) is 11.8 Å². The van der Waals surface area contributed by atoms with Crippen LogP contribution in [0, 0.1) is 6.92 Å². The van der Waals surface area contributed by atoms with Crippen molar-refractivity contribution in [3.05, 3.63) is 83.1 Å². The highest BCUT2D eigenvalue weighted by Gasteiger charge is 2.14. The lowest BCUT2D eigenvalue weighted by molar-refractivity contribution is 0.416. The van der Waals surface area contributed by atoms with Gasteiger partial charge in [0.2, 0.25) is 0 Å². The van der Waals surface area contributed by atoms with Crippen LogP contribution < -0.4 is 4.74 Å². The number of aryl methyl sites for hydroxylation is 1. The van der Waals surface area contributed by atoms with Gasteiger partial charge >= 0.3 is 0 Å². The van der Waals surface area contributed by atoms with Crippen molar-refractivity contribution in [3.8, 4) is 17.0 Å². The maximum Gasteiger partial charge on any atom is 0.129 e. The molecule has 3 aromatic carbocycles. The third-order valence-corrected chi connectivity index (χ3v) is 6.06. The van der Waals surface area contributed by atoms with Crippen molar-refractivity contribution in [3.63, 3.8) is 0 Å². The fourth-order valence-electron chi connectivity index (χ4n) is 3.10. The molecule has 0 radical (unpaired) electrons. The van der Waals surface area contributed by atoms with Crippen LogP contribution in [0.1, 0.15) is 11.1 Å². The van der Waals surface area contributed by atoms with E-state index in [4.69, 9.17) is 16.3 Å². The molecule has 3 nitrogen and oxygen atoms in total. The normalized spacial score (nSPS) is 11.0. The minimum Gasteiger partial charge on any atom is -0.496 e. The Hall–Kier alpha value is -2.56. The summed E-state index contributed by atoms with van der Waals surface area (Å²) < 4.78 is 5.55. The molecule has 0 bridgehead atoms. The molecule has 0 aliphatic rings. The number of aromatic nitrogens is 2. The summed E-state index contributed by atoms with van der Waals surface area (Å²) >= 11 is 8.06. The number of thioether (sulfide) groups is 1. The Morgan fingerprint density at radius 3 is 2.61 bits per heavy atom. The quantitative estimate of drug-likeness (QED) is 0.351. The Morgan fingerprint density at radius 1 is 1.00 bits per heavy atom. The lowest BCUT2D eigenvalue weighted by Gasteiger charge is -2.12. The minimum atomic E-state index is 0.679. The smallest absolute Gasteiger partial charge is 0.129 e. The fourth-order valence-corrected chi connectivity index (χ4v) is 4.14. The summed E-state index contributed by atoms with van der Waals surface area (Å²) in [5.74, 6) is 1.63. The molecule has 140 valence electrons. The lowest BCUT2D eigenvalue weighted by Crippen LogP contribution is -1.94. The first-order valence-electron chi connectivity index (χ1n) is 8.91. The van der Waals surface area contributed by atoms with E-state index >= 15 is 0 Å². The second-order valence-corrected chi connectivity index (χ2v) is 7.93. The van der Waals surface area contributed by atoms with Gasteiger partial charge in [0.15, 0.2) is 0 Å². The molecule has 28 heavy (non-hydrogen) atoms. The highest BCUT2D eigenvalue weighted by atomic mass is 35.5.